The maximum absolute atomic E-state index is 12.6. The van der Waals surface area contributed by atoms with E-state index in [9.17, 15) is 8.42 Å². The van der Waals surface area contributed by atoms with Crippen LogP contribution in [0.2, 0.25) is 0 Å². The summed E-state index contributed by atoms with van der Waals surface area (Å²) in [4.78, 5) is 0.677. The number of thiophene rings is 1. The normalized spacial score (nSPS) is 11.2. The first-order chi connectivity index (χ1) is 11.5. The third-order valence-corrected chi connectivity index (χ3v) is 6.10. The Morgan fingerprint density at radius 2 is 1.79 bits per heavy atom. The molecule has 7 nitrogen and oxygen atoms in total. The minimum Gasteiger partial charge on any atom is -0.497 e. The van der Waals surface area contributed by atoms with Gasteiger partial charge in [-0.3, -0.25) is 4.72 Å². The lowest BCUT2D eigenvalue weighted by Crippen LogP contribution is -2.11. The van der Waals surface area contributed by atoms with Crippen molar-refractivity contribution in [1.29, 1.82) is 0 Å². The van der Waals surface area contributed by atoms with Gasteiger partial charge in [-0.15, -0.1) is 11.3 Å². The van der Waals surface area contributed by atoms with Gasteiger partial charge in [0.15, 0.2) is 5.76 Å². The van der Waals surface area contributed by atoms with E-state index in [1.54, 1.807) is 30.3 Å². The number of anilines is 1. The van der Waals surface area contributed by atoms with Crippen molar-refractivity contribution in [3.05, 3.63) is 42.6 Å². The van der Waals surface area contributed by atoms with Crippen LogP contribution in [-0.4, -0.2) is 27.8 Å². The van der Waals surface area contributed by atoms with Crippen molar-refractivity contribution in [3.63, 3.8) is 0 Å². The van der Waals surface area contributed by atoms with Gasteiger partial charge < -0.3 is 14.0 Å². The fourth-order valence-corrected chi connectivity index (χ4v) is 4.32. The van der Waals surface area contributed by atoms with Crippen LogP contribution in [0.4, 0.5) is 5.69 Å². The van der Waals surface area contributed by atoms with Gasteiger partial charge in [0.2, 0.25) is 0 Å². The number of methoxy groups -OCH3 is 2. The van der Waals surface area contributed by atoms with E-state index in [2.05, 4.69) is 9.88 Å². The van der Waals surface area contributed by atoms with Gasteiger partial charge in [-0.25, -0.2) is 8.42 Å². The summed E-state index contributed by atoms with van der Waals surface area (Å²) in [5.41, 5.74) is 0.348. The molecule has 1 N–H and O–H groups in total. The minimum absolute atomic E-state index is 0.163. The van der Waals surface area contributed by atoms with Gasteiger partial charge in [-0.2, -0.15) is 0 Å². The Morgan fingerprint density at radius 1 is 1.08 bits per heavy atom. The van der Waals surface area contributed by atoms with Crippen molar-refractivity contribution in [3.8, 4) is 22.1 Å². The molecule has 0 atom stereocenters. The standard InChI is InChI=1S/C15H14N2O5S2/c1-20-11-7-10(8-12(9-11)21-2)17-24(18,19)15-4-3-14(23-15)13-5-6-16-22-13/h3-9,17H,1-2H3. The third kappa shape index (κ3) is 3.36. The van der Waals surface area contributed by atoms with E-state index in [1.165, 1.54) is 26.5 Å². The van der Waals surface area contributed by atoms with Crippen LogP contribution in [0.1, 0.15) is 0 Å². The lowest BCUT2D eigenvalue weighted by Gasteiger charge is -2.10. The molecule has 2 heterocycles. The summed E-state index contributed by atoms with van der Waals surface area (Å²) in [6.45, 7) is 0. The monoisotopic (exact) mass is 366 g/mol. The quantitative estimate of drug-likeness (QED) is 0.720. The largest absolute Gasteiger partial charge is 0.497 e. The number of nitrogens with one attached hydrogen (secondary N) is 1. The average Bonchev–Trinajstić information content (AvgIpc) is 3.24. The van der Waals surface area contributed by atoms with Crippen LogP contribution < -0.4 is 14.2 Å². The van der Waals surface area contributed by atoms with Gasteiger partial charge in [-0.05, 0) is 12.1 Å². The Hall–Kier alpha value is -2.52. The van der Waals surface area contributed by atoms with Crippen molar-refractivity contribution in [2.24, 2.45) is 0 Å². The van der Waals surface area contributed by atoms with Crippen molar-refractivity contribution < 1.29 is 22.4 Å². The Labute approximate surface area is 142 Å². The molecule has 3 rings (SSSR count). The molecule has 0 aliphatic heterocycles. The number of nitrogens with zero attached hydrogens (tertiary/aromatic N) is 1. The van der Waals surface area contributed by atoms with E-state index in [0.717, 1.165) is 11.3 Å². The Bertz CT molecular complexity index is 910. The smallest absolute Gasteiger partial charge is 0.271 e. The predicted molar refractivity (Wildman–Crippen MR) is 90.2 cm³/mol. The highest BCUT2D eigenvalue weighted by Crippen LogP contribution is 2.32. The Morgan fingerprint density at radius 3 is 2.38 bits per heavy atom. The molecule has 0 bridgehead atoms. The first kappa shape index (κ1) is 16.3. The van der Waals surface area contributed by atoms with Gasteiger partial charge in [-0.1, -0.05) is 5.16 Å². The molecule has 1 aromatic carbocycles. The van der Waals surface area contributed by atoms with Crippen LogP contribution in [-0.2, 0) is 10.0 Å². The zero-order chi connectivity index (χ0) is 17.2. The fraction of sp³-hybridized carbons (Fsp3) is 0.133. The van der Waals surface area contributed by atoms with Crippen LogP contribution in [0.25, 0.3) is 10.6 Å². The highest BCUT2D eigenvalue weighted by atomic mass is 32.2. The SMILES string of the molecule is COc1cc(NS(=O)(=O)c2ccc(-c3ccno3)s2)cc(OC)c1. The molecule has 0 radical (unpaired) electrons. The molecule has 2 aromatic heterocycles. The second kappa shape index (κ2) is 6.54. The molecule has 0 aliphatic carbocycles. The maximum atomic E-state index is 12.6. The molecule has 9 heteroatoms. The second-order valence-corrected chi connectivity index (χ2v) is 7.70. The van der Waals surface area contributed by atoms with Crippen LogP contribution in [0.3, 0.4) is 0 Å². The lowest BCUT2D eigenvalue weighted by molar-refractivity contribution is 0.395. The number of ether oxygens (including phenoxy) is 2. The minimum atomic E-state index is -3.74. The Kier molecular flexibility index (Phi) is 4.45. The average molecular weight is 366 g/mol. The molecule has 24 heavy (non-hydrogen) atoms. The predicted octanol–water partition coefficient (Wildman–Crippen LogP) is 3.22. The second-order valence-electron chi connectivity index (χ2n) is 4.70. The van der Waals surface area contributed by atoms with E-state index < -0.39 is 10.0 Å². The molecule has 0 saturated carbocycles. The number of sulfonamides is 1. The summed E-state index contributed by atoms with van der Waals surface area (Å²) in [6.07, 6.45) is 1.50. The zero-order valence-electron chi connectivity index (χ0n) is 12.8. The molecular weight excluding hydrogens is 352 g/mol. The summed E-state index contributed by atoms with van der Waals surface area (Å²) in [6, 6.07) is 9.66. The van der Waals surface area contributed by atoms with Crippen molar-refractivity contribution in [1.82, 2.24) is 5.16 Å². The van der Waals surface area contributed by atoms with E-state index in [4.69, 9.17) is 14.0 Å². The topological polar surface area (TPSA) is 90.7 Å². The maximum Gasteiger partial charge on any atom is 0.271 e. The fourth-order valence-electron chi connectivity index (χ4n) is 2.01. The first-order valence-electron chi connectivity index (χ1n) is 6.78. The van der Waals surface area contributed by atoms with Crippen molar-refractivity contribution in [2.75, 3.05) is 18.9 Å². The van der Waals surface area contributed by atoms with Gasteiger partial charge in [0.1, 0.15) is 15.7 Å². The number of benzene rings is 1. The molecular formula is C15H14N2O5S2. The molecule has 0 amide bonds. The van der Waals surface area contributed by atoms with E-state index in [1.807, 2.05) is 0 Å². The van der Waals surface area contributed by atoms with Gasteiger partial charge in [0.05, 0.1) is 31.0 Å². The summed E-state index contributed by atoms with van der Waals surface area (Å²) in [5.74, 6) is 1.49. The molecule has 0 aliphatic rings. The van der Waals surface area contributed by atoms with Gasteiger partial charge >= 0.3 is 0 Å². The van der Waals surface area contributed by atoms with Crippen LogP contribution in [0.5, 0.6) is 11.5 Å². The summed E-state index contributed by atoms with van der Waals surface area (Å²) in [7, 11) is -0.746. The third-order valence-electron chi connectivity index (χ3n) is 3.13. The molecule has 0 spiro atoms. The van der Waals surface area contributed by atoms with E-state index in [0.29, 0.717) is 27.8 Å². The van der Waals surface area contributed by atoms with Crippen molar-refractivity contribution >= 4 is 27.0 Å². The molecule has 3 aromatic rings. The number of aromatic nitrogens is 1. The van der Waals surface area contributed by atoms with Gasteiger partial charge in [0, 0.05) is 24.3 Å². The number of rotatable bonds is 6. The van der Waals surface area contributed by atoms with E-state index in [-0.39, 0.29) is 4.21 Å². The molecule has 0 fully saturated rings. The van der Waals surface area contributed by atoms with Crippen LogP contribution in [0, 0.1) is 0 Å². The summed E-state index contributed by atoms with van der Waals surface area (Å²) >= 11 is 1.09. The van der Waals surface area contributed by atoms with E-state index >= 15 is 0 Å². The van der Waals surface area contributed by atoms with Crippen LogP contribution in [0.15, 0.2) is 51.3 Å². The highest BCUT2D eigenvalue weighted by molar-refractivity contribution is 7.94. The molecule has 0 unspecified atom stereocenters. The van der Waals surface area contributed by atoms with Crippen molar-refractivity contribution in [2.45, 2.75) is 4.21 Å². The molecule has 126 valence electrons. The number of hydrogen-bond acceptors (Lipinski definition) is 7. The highest BCUT2D eigenvalue weighted by Gasteiger charge is 2.19. The molecule has 0 saturated heterocycles. The first-order valence-corrected chi connectivity index (χ1v) is 9.08. The zero-order valence-corrected chi connectivity index (χ0v) is 14.5. The summed E-state index contributed by atoms with van der Waals surface area (Å²) in [5, 5.41) is 3.61. The lowest BCUT2D eigenvalue weighted by atomic mass is 10.3. The van der Waals surface area contributed by atoms with Gasteiger partial charge in [0.25, 0.3) is 10.0 Å². The number of hydrogen-bond donors (Lipinski definition) is 1. The summed E-state index contributed by atoms with van der Waals surface area (Å²) < 4.78 is 43.1. The van der Waals surface area contributed by atoms with Crippen LogP contribution >= 0.6 is 11.3 Å². The Balaban J connectivity index is 1.89.